The van der Waals surface area contributed by atoms with Crippen LogP contribution in [0.5, 0.6) is 5.75 Å². The van der Waals surface area contributed by atoms with Crippen LogP contribution in [0.4, 0.5) is 0 Å². The van der Waals surface area contributed by atoms with Gasteiger partial charge in [0.25, 0.3) is 0 Å². The van der Waals surface area contributed by atoms with Crippen molar-refractivity contribution in [1.82, 2.24) is 0 Å². The van der Waals surface area contributed by atoms with Crippen molar-refractivity contribution >= 4 is 27.5 Å². The molecule has 2 atom stereocenters. The fourth-order valence-electron chi connectivity index (χ4n) is 1.28. The van der Waals surface area contributed by atoms with Gasteiger partial charge in [0.2, 0.25) is 0 Å². The number of hydrogen-bond donors (Lipinski definition) is 3. The molecule has 2 unspecified atom stereocenters. The van der Waals surface area contributed by atoms with E-state index in [2.05, 4.69) is 15.9 Å². The molecule has 1 aromatic rings. The Labute approximate surface area is 101 Å². The standard InChI is InChI=1S/C10H12BrClO3/c1-5-2-6(12)3-7(9(5)14)10(15)8(13)4-11/h2-3,8,10,13-15H,4H2,1H3. The first-order chi connectivity index (χ1) is 6.97. The zero-order valence-corrected chi connectivity index (χ0v) is 10.5. The smallest absolute Gasteiger partial charge is 0.124 e. The molecule has 0 spiro atoms. The highest BCUT2D eigenvalue weighted by atomic mass is 79.9. The van der Waals surface area contributed by atoms with Crippen molar-refractivity contribution in [2.24, 2.45) is 0 Å². The molecule has 0 radical (unpaired) electrons. The molecule has 0 heterocycles. The monoisotopic (exact) mass is 294 g/mol. The lowest BCUT2D eigenvalue weighted by atomic mass is 10.0. The summed E-state index contributed by atoms with van der Waals surface area (Å²) in [5.74, 6) is -0.0353. The number of aryl methyl sites for hydroxylation is 1. The fourth-order valence-corrected chi connectivity index (χ4v) is 1.91. The van der Waals surface area contributed by atoms with Crippen LogP contribution in [0.2, 0.25) is 5.02 Å². The molecule has 1 rings (SSSR count). The highest BCUT2D eigenvalue weighted by Crippen LogP contribution is 2.32. The van der Waals surface area contributed by atoms with E-state index in [1.54, 1.807) is 13.0 Å². The number of alkyl halides is 1. The van der Waals surface area contributed by atoms with Crippen LogP contribution in [0, 0.1) is 6.92 Å². The Morgan fingerprint density at radius 3 is 2.53 bits per heavy atom. The lowest BCUT2D eigenvalue weighted by molar-refractivity contribution is 0.0327. The molecule has 0 aliphatic carbocycles. The summed E-state index contributed by atoms with van der Waals surface area (Å²) in [6.07, 6.45) is -2.13. The first-order valence-corrected chi connectivity index (χ1v) is 5.88. The summed E-state index contributed by atoms with van der Waals surface area (Å²) in [5.41, 5.74) is 0.810. The first-order valence-electron chi connectivity index (χ1n) is 4.38. The molecule has 84 valence electrons. The third kappa shape index (κ3) is 2.84. The van der Waals surface area contributed by atoms with Gasteiger partial charge in [-0.05, 0) is 24.6 Å². The molecule has 0 aliphatic heterocycles. The maximum atomic E-state index is 9.72. The Hall–Kier alpha value is -0.290. The minimum absolute atomic E-state index is 0.0353. The molecule has 3 N–H and O–H groups in total. The van der Waals surface area contributed by atoms with Gasteiger partial charge in [-0.2, -0.15) is 0 Å². The van der Waals surface area contributed by atoms with Crippen LogP contribution >= 0.6 is 27.5 Å². The van der Waals surface area contributed by atoms with Gasteiger partial charge >= 0.3 is 0 Å². The Balaban J connectivity index is 3.13. The number of phenolic OH excluding ortho intramolecular Hbond substituents is 1. The quantitative estimate of drug-likeness (QED) is 0.749. The molecule has 0 saturated heterocycles. The van der Waals surface area contributed by atoms with Crippen molar-refractivity contribution in [3.63, 3.8) is 0 Å². The average molecular weight is 296 g/mol. The van der Waals surface area contributed by atoms with Crippen LogP contribution in [0.25, 0.3) is 0 Å². The Morgan fingerprint density at radius 2 is 2.00 bits per heavy atom. The Kier molecular flexibility index (Phi) is 4.40. The molecule has 0 aliphatic rings. The predicted octanol–water partition coefficient (Wildman–Crippen LogP) is 2.14. The molecular formula is C10H12BrClO3. The number of halogens is 2. The van der Waals surface area contributed by atoms with Gasteiger partial charge in [-0.1, -0.05) is 27.5 Å². The van der Waals surface area contributed by atoms with Gasteiger partial charge in [0.15, 0.2) is 0 Å². The summed E-state index contributed by atoms with van der Waals surface area (Å²) in [6.45, 7) is 1.68. The number of phenols is 1. The molecule has 15 heavy (non-hydrogen) atoms. The van der Waals surface area contributed by atoms with Crippen molar-refractivity contribution < 1.29 is 15.3 Å². The molecular weight excluding hydrogens is 283 g/mol. The third-order valence-electron chi connectivity index (χ3n) is 2.14. The van der Waals surface area contributed by atoms with E-state index in [0.717, 1.165) is 0 Å². The van der Waals surface area contributed by atoms with E-state index < -0.39 is 12.2 Å². The summed E-state index contributed by atoms with van der Waals surface area (Å²) < 4.78 is 0. The second-order valence-electron chi connectivity index (χ2n) is 3.33. The molecule has 5 heteroatoms. The van der Waals surface area contributed by atoms with Crippen molar-refractivity contribution in [2.75, 3.05) is 5.33 Å². The highest BCUT2D eigenvalue weighted by Gasteiger charge is 2.21. The van der Waals surface area contributed by atoms with Crippen molar-refractivity contribution in [1.29, 1.82) is 0 Å². The van der Waals surface area contributed by atoms with Crippen LogP contribution < -0.4 is 0 Å². The zero-order valence-electron chi connectivity index (χ0n) is 8.11. The van der Waals surface area contributed by atoms with Crippen LogP contribution in [-0.4, -0.2) is 26.8 Å². The maximum Gasteiger partial charge on any atom is 0.124 e. The minimum atomic E-state index is -1.15. The molecule has 0 aromatic heterocycles. The number of aromatic hydroxyl groups is 1. The molecule has 3 nitrogen and oxygen atoms in total. The molecule has 1 aromatic carbocycles. The van der Waals surface area contributed by atoms with Crippen LogP contribution in [0.15, 0.2) is 12.1 Å². The summed E-state index contributed by atoms with van der Waals surface area (Å²) in [7, 11) is 0. The van der Waals surface area contributed by atoms with Crippen LogP contribution in [0.1, 0.15) is 17.2 Å². The van der Waals surface area contributed by atoms with Gasteiger partial charge in [0.05, 0.1) is 6.10 Å². The van der Waals surface area contributed by atoms with Gasteiger partial charge < -0.3 is 15.3 Å². The largest absolute Gasteiger partial charge is 0.507 e. The van der Waals surface area contributed by atoms with Crippen molar-refractivity contribution in [3.05, 3.63) is 28.3 Å². The zero-order chi connectivity index (χ0) is 11.6. The van der Waals surface area contributed by atoms with E-state index in [4.69, 9.17) is 11.6 Å². The number of aliphatic hydroxyl groups is 2. The molecule has 0 amide bonds. The van der Waals surface area contributed by atoms with E-state index in [-0.39, 0.29) is 16.6 Å². The van der Waals surface area contributed by atoms with E-state index in [0.29, 0.717) is 10.6 Å². The average Bonchev–Trinajstić information content (AvgIpc) is 2.21. The Morgan fingerprint density at radius 1 is 1.40 bits per heavy atom. The number of benzene rings is 1. The van der Waals surface area contributed by atoms with Gasteiger partial charge in [0.1, 0.15) is 11.9 Å². The predicted molar refractivity (Wildman–Crippen MR) is 62.6 cm³/mol. The van der Waals surface area contributed by atoms with Gasteiger partial charge in [-0.3, -0.25) is 0 Å². The fraction of sp³-hybridized carbons (Fsp3) is 0.400. The lowest BCUT2D eigenvalue weighted by Crippen LogP contribution is -2.19. The van der Waals surface area contributed by atoms with E-state index in [9.17, 15) is 15.3 Å². The summed E-state index contributed by atoms with van der Waals surface area (Å²) in [6, 6.07) is 3.04. The number of hydrogen-bond acceptors (Lipinski definition) is 3. The summed E-state index contributed by atoms with van der Waals surface area (Å²) >= 11 is 8.85. The summed E-state index contributed by atoms with van der Waals surface area (Å²) in [5, 5.41) is 29.5. The first kappa shape index (κ1) is 12.8. The maximum absolute atomic E-state index is 9.72. The second-order valence-corrected chi connectivity index (χ2v) is 4.41. The Bertz CT molecular complexity index is 357. The van der Waals surface area contributed by atoms with Crippen molar-refractivity contribution in [2.45, 2.75) is 19.1 Å². The molecule has 0 fully saturated rings. The minimum Gasteiger partial charge on any atom is -0.507 e. The number of aliphatic hydroxyl groups excluding tert-OH is 2. The van der Waals surface area contributed by atoms with Gasteiger partial charge in [-0.15, -0.1) is 0 Å². The highest BCUT2D eigenvalue weighted by molar-refractivity contribution is 9.09. The topological polar surface area (TPSA) is 60.7 Å². The van der Waals surface area contributed by atoms with Crippen LogP contribution in [0.3, 0.4) is 0 Å². The van der Waals surface area contributed by atoms with Crippen molar-refractivity contribution in [3.8, 4) is 5.75 Å². The van der Waals surface area contributed by atoms with Gasteiger partial charge in [-0.25, -0.2) is 0 Å². The normalized spacial score (nSPS) is 15.0. The van der Waals surface area contributed by atoms with E-state index in [1.807, 2.05) is 0 Å². The summed E-state index contributed by atoms with van der Waals surface area (Å²) in [4.78, 5) is 0. The van der Waals surface area contributed by atoms with E-state index >= 15 is 0 Å². The SMILES string of the molecule is Cc1cc(Cl)cc(C(O)C(O)CBr)c1O. The third-order valence-corrected chi connectivity index (χ3v) is 3.02. The van der Waals surface area contributed by atoms with Crippen LogP contribution in [-0.2, 0) is 0 Å². The lowest BCUT2D eigenvalue weighted by Gasteiger charge is -2.18. The second kappa shape index (κ2) is 5.16. The number of rotatable bonds is 3. The molecule has 0 bridgehead atoms. The molecule has 0 saturated carbocycles. The van der Waals surface area contributed by atoms with Gasteiger partial charge in [0, 0.05) is 15.9 Å². The van der Waals surface area contributed by atoms with E-state index in [1.165, 1.54) is 6.07 Å².